The molecule has 1 atom stereocenters. The van der Waals surface area contributed by atoms with Crippen molar-refractivity contribution < 1.29 is 9.59 Å². The summed E-state index contributed by atoms with van der Waals surface area (Å²) in [4.78, 5) is 27.4. The molecule has 110 valence electrons. The number of amides is 2. The number of hydrogen-bond acceptors (Lipinski definition) is 4. The smallest absolute Gasteiger partial charge is 0.252 e. The van der Waals surface area contributed by atoms with E-state index < -0.39 is 0 Å². The summed E-state index contributed by atoms with van der Waals surface area (Å²) in [5.41, 5.74) is 1.63. The van der Waals surface area contributed by atoms with E-state index in [0.717, 1.165) is 5.56 Å². The molecule has 5 nitrogen and oxygen atoms in total. The normalized spacial score (nSPS) is 11.7. The van der Waals surface area contributed by atoms with Crippen LogP contribution in [0.4, 0.5) is 0 Å². The number of thiophene rings is 1. The molecule has 2 rings (SSSR count). The second-order valence-corrected chi connectivity index (χ2v) is 5.37. The molecule has 0 saturated heterocycles. The van der Waals surface area contributed by atoms with Gasteiger partial charge in [0.05, 0.1) is 6.04 Å². The van der Waals surface area contributed by atoms with Gasteiger partial charge in [-0.15, -0.1) is 0 Å². The Kier molecular flexibility index (Phi) is 5.45. The number of pyridine rings is 1. The molecule has 2 amide bonds. The Hall–Kier alpha value is -2.21. The number of nitrogens with one attached hydrogen (secondary N) is 2. The van der Waals surface area contributed by atoms with Gasteiger partial charge in [-0.05, 0) is 36.1 Å². The zero-order chi connectivity index (χ0) is 15.1. The van der Waals surface area contributed by atoms with Crippen LogP contribution < -0.4 is 10.6 Å². The van der Waals surface area contributed by atoms with E-state index >= 15 is 0 Å². The van der Waals surface area contributed by atoms with Crippen LogP contribution in [0.2, 0.25) is 0 Å². The van der Waals surface area contributed by atoms with Gasteiger partial charge in [-0.2, -0.15) is 11.3 Å². The molecule has 2 N–H and O–H groups in total. The summed E-state index contributed by atoms with van der Waals surface area (Å²) in [7, 11) is 0. The van der Waals surface area contributed by atoms with Gasteiger partial charge in [0.2, 0.25) is 5.91 Å². The highest BCUT2D eigenvalue weighted by Crippen LogP contribution is 2.10. The van der Waals surface area contributed by atoms with Gasteiger partial charge in [-0.1, -0.05) is 0 Å². The van der Waals surface area contributed by atoms with Crippen molar-refractivity contribution in [2.24, 2.45) is 0 Å². The average Bonchev–Trinajstić information content (AvgIpc) is 3.02. The molecule has 2 aromatic rings. The van der Waals surface area contributed by atoms with Crippen LogP contribution in [0.5, 0.6) is 0 Å². The van der Waals surface area contributed by atoms with Crippen LogP contribution >= 0.6 is 11.3 Å². The van der Waals surface area contributed by atoms with Crippen molar-refractivity contribution in [2.75, 3.05) is 6.54 Å². The van der Waals surface area contributed by atoms with Gasteiger partial charge >= 0.3 is 0 Å². The predicted molar refractivity (Wildman–Crippen MR) is 82.1 cm³/mol. The van der Waals surface area contributed by atoms with Crippen LogP contribution in [0.15, 0.2) is 41.4 Å². The maximum absolute atomic E-state index is 11.8. The molecule has 2 aromatic heterocycles. The lowest BCUT2D eigenvalue weighted by Gasteiger charge is -2.14. The minimum Gasteiger partial charge on any atom is -0.351 e. The molecule has 0 fully saturated rings. The van der Waals surface area contributed by atoms with Crippen molar-refractivity contribution in [3.05, 3.63) is 52.5 Å². The lowest BCUT2D eigenvalue weighted by molar-refractivity contribution is -0.121. The zero-order valence-electron chi connectivity index (χ0n) is 11.7. The van der Waals surface area contributed by atoms with Crippen molar-refractivity contribution >= 4 is 23.2 Å². The number of rotatable bonds is 6. The molecule has 0 aliphatic carbocycles. The van der Waals surface area contributed by atoms with Gasteiger partial charge in [-0.25, -0.2) is 0 Å². The van der Waals surface area contributed by atoms with E-state index in [2.05, 4.69) is 15.6 Å². The van der Waals surface area contributed by atoms with Crippen molar-refractivity contribution in [2.45, 2.75) is 19.4 Å². The Morgan fingerprint density at radius 2 is 2.05 bits per heavy atom. The third-order valence-corrected chi connectivity index (χ3v) is 3.69. The fourth-order valence-electron chi connectivity index (χ4n) is 1.83. The van der Waals surface area contributed by atoms with Crippen LogP contribution in [-0.2, 0) is 4.79 Å². The van der Waals surface area contributed by atoms with Crippen LogP contribution in [-0.4, -0.2) is 23.3 Å². The molecule has 0 aliphatic heterocycles. The molecule has 0 aliphatic rings. The molecule has 0 saturated carbocycles. The van der Waals surface area contributed by atoms with Crippen LogP contribution in [0.25, 0.3) is 0 Å². The molecule has 2 heterocycles. The first-order valence-electron chi connectivity index (χ1n) is 6.66. The Balaban J connectivity index is 1.71. The fraction of sp³-hybridized carbons (Fsp3) is 0.267. The van der Waals surface area contributed by atoms with Crippen LogP contribution in [0.3, 0.4) is 0 Å². The van der Waals surface area contributed by atoms with Crippen molar-refractivity contribution in [1.29, 1.82) is 0 Å². The minimum atomic E-state index is -0.147. The highest BCUT2D eigenvalue weighted by molar-refractivity contribution is 7.08. The summed E-state index contributed by atoms with van der Waals surface area (Å²) in [5, 5.41) is 9.24. The van der Waals surface area contributed by atoms with E-state index in [1.807, 2.05) is 24.4 Å². The second kappa shape index (κ2) is 7.54. The highest BCUT2D eigenvalue weighted by Gasteiger charge is 2.10. The number of carbonyl (C=O) groups is 2. The van der Waals surface area contributed by atoms with Crippen molar-refractivity contribution in [1.82, 2.24) is 15.6 Å². The zero-order valence-corrected chi connectivity index (χ0v) is 12.5. The summed E-state index contributed by atoms with van der Waals surface area (Å²) in [5.74, 6) is -0.240. The third-order valence-electron chi connectivity index (χ3n) is 3.00. The maximum atomic E-state index is 11.8. The topological polar surface area (TPSA) is 71.1 Å². The fourth-order valence-corrected chi connectivity index (χ4v) is 2.47. The first kappa shape index (κ1) is 15.2. The lowest BCUT2D eigenvalue weighted by atomic mass is 10.1. The quantitative estimate of drug-likeness (QED) is 0.859. The Morgan fingerprint density at radius 1 is 1.29 bits per heavy atom. The van der Waals surface area contributed by atoms with E-state index in [1.54, 1.807) is 23.8 Å². The summed E-state index contributed by atoms with van der Waals surface area (Å²) in [6.45, 7) is 2.24. The van der Waals surface area contributed by atoms with Crippen LogP contribution in [0.1, 0.15) is 35.3 Å². The van der Waals surface area contributed by atoms with Crippen molar-refractivity contribution in [3.63, 3.8) is 0 Å². The molecular formula is C15H17N3O2S. The lowest BCUT2D eigenvalue weighted by Crippen LogP contribution is -2.31. The first-order valence-corrected chi connectivity index (χ1v) is 7.61. The molecule has 0 radical (unpaired) electrons. The van der Waals surface area contributed by atoms with E-state index in [0.29, 0.717) is 12.1 Å². The van der Waals surface area contributed by atoms with Crippen molar-refractivity contribution in [3.8, 4) is 0 Å². The second-order valence-electron chi connectivity index (χ2n) is 4.59. The van der Waals surface area contributed by atoms with Gasteiger partial charge in [0, 0.05) is 36.3 Å². The summed E-state index contributed by atoms with van der Waals surface area (Å²) < 4.78 is 0. The molecule has 0 aromatic carbocycles. The van der Waals surface area contributed by atoms with Gasteiger partial charge in [0.15, 0.2) is 0 Å². The van der Waals surface area contributed by atoms with E-state index in [9.17, 15) is 9.59 Å². The Morgan fingerprint density at radius 3 is 2.71 bits per heavy atom. The number of hydrogen-bond donors (Lipinski definition) is 2. The van der Waals surface area contributed by atoms with Gasteiger partial charge in [0.1, 0.15) is 0 Å². The van der Waals surface area contributed by atoms with E-state index in [1.165, 1.54) is 11.3 Å². The van der Waals surface area contributed by atoms with Crippen LogP contribution in [0, 0.1) is 0 Å². The maximum Gasteiger partial charge on any atom is 0.252 e. The van der Waals surface area contributed by atoms with E-state index in [-0.39, 0.29) is 24.3 Å². The molecule has 0 spiro atoms. The SMILES string of the molecule is CC(NC(=O)CCNC(=O)c1ccsc1)c1ccncc1. The molecule has 6 heteroatoms. The summed E-state index contributed by atoms with van der Waals surface area (Å²) in [6, 6.07) is 5.41. The molecular weight excluding hydrogens is 286 g/mol. The first-order chi connectivity index (χ1) is 10.2. The van der Waals surface area contributed by atoms with E-state index in [4.69, 9.17) is 0 Å². The Bertz CT molecular complexity index is 584. The standard InChI is InChI=1S/C15H17N3O2S/c1-11(12-2-6-16-7-3-12)18-14(19)4-8-17-15(20)13-5-9-21-10-13/h2-3,5-7,9-11H,4,8H2,1H3,(H,17,20)(H,18,19). The minimum absolute atomic E-state index is 0.0759. The van der Waals surface area contributed by atoms with Gasteiger partial charge < -0.3 is 10.6 Å². The van der Waals surface area contributed by atoms with Gasteiger partial charge in [-0.3, -0.25) is 14.6 Å². The molecule has 0 bridgehead atoms. The summed E-state index contributed by atoms with van der Waals surface area (Å²) in [6.07, 6.45) is 3.64. The average molecular weight is 303 g/mol. The van der Waals surface area contributed by atoms with Gasteiger partial charge in [0.25, 0.3) is 5.91 Å². The number of aromatic nitrogens is 1. The Labute approximate surface area is 127 Å². The molecule has 1 unspecified atom stereocenters. The molecule has 21 heavy (non-hydrogen) atoms. The highest BCUT2D eigenvalue weighted by atomic mass is 32.1. The monoisotopic (exact) mass is 303 g/mol. The largest absolute Gasteiger partial charge is 0.351 e. The third kappa shape index (κ3) is 4.68. The summed E-state index contributed by atoms with van der Waals surface area (Å²) >= 11 is 1.47. The predicted octanol–water partition coefficient (Wildman–Crippen LogP) is 2.14. The number of carbonyl (C=O) groups excluding carboxylic acids is 2. The number of nitrogens with zero attached hydrogens (tertiary/aromatic N) is 1.